The van der Waals surface area contributed by atoms with Gasteiger partial charge in [0.15, 0.2) is 5.65 Å². The molecular weight excluding hydrogens is 222 g/mol. The lowest BCUT2D eigenvalue weighted by atomic mass is 10.4. The standard InChI is InChI=1S/C10H15N5O2/c1-2-5-15-8-7(9(16)14-10(15)17)12-6(13-8)3-4-11/h2-5,11H2,1H3,(H,12,13)(H,14,16,17). The van der Waals surface area contributed by atoms with Crippen molar-refractivity contribution in [1.29, 1.82) is 0 Å². The van der Waals surface area contributed by atoms with E-state index in [1.54, 1.807) is 0 Å². The Morgan fingerprint density at radius 1 is 1.35 bits per heavy atom. The molecule has 0 unspecified atom stereocenters. The summed E-state index contributed by atoms with van der Waals surface area (Å²) in [6, 6.07) is 0. The number of hydrogen-bond acceptors (Lipinski definition) is 4. The predicted molar refractivity (Wildman–Crippen MR) is 64.0 cm³/mol. The summed E-state index contributed by atoms with van der Waals surface area (Å²) >= 11 is 0. The van der Waals surface area contributed by atoms with Crippen LogP contribution in [0.3, 0.4) is 0 Å². The number of imidazole rings is 1. The van der Waals surface area contributed by atoms with E-state index >= 15 is 0 Å². The van der Waals surface area contributed by atoms with Gasteiger partial charge in [-0.1, -0.05) is 6.92 Å². The lowest BCUT2D eigenvalue weighted by Crippen LogP contribution is -2.30. The molecule has 2 rings (SSSR count). The molecule has 0 aliphatic heterocycles. The van der Waals surface area contributed by atoms with Gasteiger partial charge in [-0.15, -0.1) is 0 Å². The van der Waals surface area contributed by atoms with E-state index in [-0.39, 0.29) is 0 Å². The third-order valence-corrected chi connectivity index (χ3v) is 2.51. The molecule has 0 bridgehead atoms. The number of nitrogens with one attached hydrogen (secondary N) is 2. The smallest absolute Gasteiger partial charge is 0.330 e. The number of nitrogens with zero attached hydrogens (tertiary/aromatic N) is 2. The maximum absolute atomic E-state index is 11.6. The highest BCUT2D eigenvalue weighted by Gasteiger charge is 2.11. The minimum absolute atomic E-state index is 0.335. The van der Waals surface area contributed by atoms with Crippen LogP contribution in [-0.2, 0) is 13.0 Å². The maximum atomic E-state index is 11.6. The Morgan fingerprint density at radius 3 is 2.76 bits per heavy atom. The number of rotatable bonds is 4. The topological polar surface area (TPSA) is 110 Å². The van der Waals surface area contributed by atoms with Crippen molar-refractivity contribution in [3.05, 3.63) is 26.7 Å². The third kappa shape index (κ3) is 2.01. The Hall–Kier alpha value is -1.89. The fourth-order valence-electron chi connectivity index (χ4n) is 1.77. The van der Waals surface area contributed by atoms with Crippen LogP contribution < -0.4 is 17.0 Å². The summed E-state index contributed by atoms with van der Waals surface area (Å²) in [5.41, 5.74) is 5.32. The molecule has 7 heteroatoms. The minimum atomic E-state index is -0.437. The second kappa shape index (κ2) is 4.54. The molecule has 2 heterocycles. The Balaban J connectivity index is 2.71. The summed E-state index contributed by atoms with van der Waals surface area (Å²) in [4.78, 5) is 32.7. The lowest BCUT2D eigenvalue weighted by Gasteiger charge is -2.02. The number of nitrogens with two attached hydrogens (primary N) is 1. The molecular formula is C10H15N5O2. The number of aromatic nitrogens is 4. The van der Waals surface area contributed by atoms with Gasteiger partial charge in [0.05, 0.1) is 0 Å². The summed E-state index contributed by atoms with van der Waals surface area (Å²) in [6.45, 7) is 2.92. The van der Waals surface area contributed by atoms with Gasteiger partial charge in [-0.2, -0.15) is 0 Å². The zero-order valence-corrected chi connectivity index (χ0v) is 9.62. The highest BCUT2D eigenvalue weighted by molar-refractivity contribution is 5.69. The summed E-state index contributed by atoms with van der Waals surface area (Å²) in [5, 5.41) is 0. The molecule has 4 N–H and O–H groups in total. The molecule has 0 radical (unpaired) electrons. The average Bonchev–Trinajstić information content (AvgIpc) is 2.69. The predicted octanol–water partition coefficient (Wildman–Crippen LogP) is -0.676. The fourth-order valence-corrected chi connectivity index (χ4v) is 1.77. The monoisotopic (exact) mass is 237 g/mol. The molecule has 17 heavy (non-hydrogen) atoms. The first kappa shape index (κ1) is 11.6. The van der Waals surface area contributed by atoms with Crippen LogP contribution in [0.4, 0.5) is 0 Å². The van der Waals surface area contributed by atoms with Crippen molar-refractivity contribution in [2.24, 2.45) is 5.73 Å². The summed E-state index contributed by atoms with van der Waals surface area (Å²) in [5.74, 6) is 0.628. The Morgan fingerprint density at radius 2 is 2.12 bits per heavy atom. The molecule has 0 aliphatic carbocycles. The first-order valence-electron chi connectivity index (χ1n) is 5.59. The number of aryl methyl sites for hydroxylation is 1. The fraction of sp³-hybridized carbons (Fsp3) is 0.500. The Kier molecular flexibility index (Phi) is 3.10. The van der Waals surface area contributed by atoms with Crippen LogP contribution >= 0.6 is 0 Å². The average molecular weight is 237 g/mol. The molecule has 0 saturated carbocycles. The zero-order chi connectivity index (χ0) is 12.4. The van der Waals surface area contributed by atoms with Gasteiger partial charge in [0, 0.05) is 13.0 Å². The second-order valence-corrected chi connectivity index (χ2v) is 3.83. The molecule has 0 spiro atoms. The highest BCUT2D eigenvalue weighted by atomic mass is 16.2. The molecule has 0 aromatic carbocycles. The molecule has 2 aromatic rings. The van der Waals surface area contributed by atoms with E-state index in [1.165, 1.54) is 4.57 Å². The summed E-state index contributed by atoms with van der Waals surface area (Å²) in [6.07, 6.45) is 1.34. The van der Waals surface area contributed by atoms with E-state index < -0.39 is 11.2 Å². The Labute approximate surface area is 96.7 Å². The first-order valence-corrected chi connectivity index (χ1v) is 5.59. The van der Waals surface area contributed by atoms with Gasteiger partial charge in [-0.25, -0.2) is 9.78 Å². The van der Waals surface area contributed by atoms with Gasteiger partial charge in [0.1, 0.15) is 11.3 Å². The van der Waals surface area contributed by atoms with Crippen LogP contribution in [0.1, 0.15) is 19.2 Å². The van der Waals surface area contributed by atoms with Crippen LogP contribution in [-0.4, -0.2) is 26.1 Å². The lowest BCUT2D eigenvalue weighted by molar-refractivity contribution is 0.652. The molecule has 0 saturated heterocycles. The van der Waals surface area contributed by atoms with E-state index in [0.29, 0.717) is 36.5 Å². The van der Waals surface area contributed by atoms with Crippen LogP contribution in [0.5, 0.6) is 0 Å². The number of H-pyrrole nitrogens is 2. The van der Waals surface area contributed by atoms with Crippen molar-refractivity contribution in [1.82, 2.24) is 19.5 Å². The van der Waals surface area contributed by atoms with Crippen molar-refractivity contribution in [3.8, 4) is 0 Å². The molecule has 0 fully saturated rings. The van der Waals surface area contributed by atoms with Gasteiger partial charge in [0.25, 0.3) is 5.56 Å². The van der Waals surface area contributed by atoms with Crippen molar-refractivity contribution in [2.75, 3.05) is 6.54 Å². The van der Waals surface area contributed by atoms with Crippen LogP contribution in [0.15, 0.2) is 9.59 Å². The summed E-state index contributed by atoms with van der Waals surface area (Å²) < 4.78 is 1.47. The van der Waals surface area contributed by atoms with Crippen molar-refractivity contribution in [3.63, 3.8) is 0 Å². The molecule has 92 valence electrons. The third-order valence-electron chi connectivity index (χ3n) is 2.51. The molecule has 7 nitrogen and oxygen atoms in total. The van der Waals surface area contributed by atoms with E-state index in [0.717, 1.165) is 6.42 Å². The maximum Gasteiger partial charge on any atom is 0.330 e. The van der Waals surface area contributed by atoms with E-state index in [4.69, 9.17) is 5.73 Å². The van der Waals surface area contributed by atoms with E-state index in [2.05, 4.69) is 15.0 Å². The van der Waals surface area contributed by atoms with Crippen molar-refractivity contribution >= 4 is 11.2 Å². The highest BCUT2D eigenvalue weighted by Crippen LogP contribution is 2.05. The summed E-state index contributed by atoms with van der Waals surface area (Å²) in [7, 11) is 0. The van der Waals surface area contributed by atoms with Gasteiger partial charge < -0.3 is 10.7 Å². The zero-order valence-electron chi connectivity index (χ0n) is 9.62. The largest absolute Gasteiger partial charge is 0.336 e. The van der Waals surface area contributed by atoms with Gasteiger partial charge in [-0.05, 0) is 13.0 Å². The quantitative estimate of drug-likeness (QED) is 0.654. The normalized spacial score (nSPS) is 11.2. The van der Waals surface area contributed by atoms with E-state index in [9.17, 15) is 9.59 Å². The van der Waals surface area contributed by atoms with Crippen molar-refractivity contribution < 1.29 is 0 Å². The molecule has 0 aliphatic rings. The van der Waals surface area contributed by atoms with Gasteiger partial charge in [-0.3, -0.25) is 14.3 Å². The molecule has 0 atom stereocenters. The minimum Gasteiger partial charge on any atom is -0.336 e. The first-order chi connectivity index (χ1) is 8.17. The van der Waals surface area contributed by atoms with Crippen LogP contribution in [0.25, 0.3) is 11.2 Å². The van der Waals surface area contributed by atoms with E-state index in [1.807, 2.05) is 6.92 Å². The number of hydrogen-bond donors (Lipinski definition) is 3. The molecule has 0 amide bonds. The van der Waals surface area contributed by atoms with Crippen molar-refractivity contribution in [2.45, 2.75) is 26.3 Å². The number of aromatic amines is 2. The number of fused-ring (bicyclic) bond motifs is 1. The van der Waals surface area contributed by atoms with Crippen LogP contribution in [0.2, 0.25) is 0 Å². The Bertz CT molecular complexity index is 636. The SMILES string of the molecule is CCCn1c(=O)[nH]c(=O)c2[nH]c(CCN)nc21. The van der Waals surface area contributed by atoms with Gasteiger partial charge >= 0.3 is 5.69 Å². The second-order valence-electron chi connectivity index (χ2n) is 3.83. The van der Waals surface area contributed by atoms with Crippen LogP contribution in [0, 0.1) is 0 Å². The van der Waals surface area contributed by atoms with Gasteiger partial charge in [0.2, 0.25) is 0 Å². The molecule has 2 aromatic heterocycles.